The Kier molecular flexibility index (Phi) is 14.7. The topological polar surface area (TPSA) is 124 Å². The standard InChI is InChI=1S/C36H42O10S2/c1-47(37,38)45-28-33(42-24-30-17-9-4-10-18-30)35(43-25-31-19-11-5-12-20-31)36(44-26-32-21-13-6-14-22-32)34(46-48(2,39)40)27-41-23-29-15-7-3-8-16-29/h3-22,33-36H,23-28H2,1-2H3/t33-,34+,35+,36+/m1/s1. The molecule has 4 atom stereocenters. The van der Waals surface area contributed by atoms with Crippen molar-refractivity contribution in [3.63, 3.8) is 0 Å². The zero-order valence-corrected chi connectivity index (χ0v) is 28.6. The van der Waals surface area contributed by atoms with E-state index in [1.807, 2.05) is 121 Å². The van der Waals surface area contributed by atoms with Crippen LogP contribution in [0.2, 0.25) is 0 Å². The fraction of sp³-hybridized carbons (Fsp3) is 0.333. The van der Waals surface area contributed by atoms with E-state index in [1.165, 1.54) is 0 Å². The first-order valence-electron chi connectivity index (χ1n) is 15.4. The van der Waals surface area contributed by atoms with Gasteiger partial charge in [0.25, 0.3) is 20.2 Å². The van der Waals surface area contributed by atoms with Gasteiger partial charge in [-0.3, -0.25) is 8.37 Å². The van der Waals surface area contributed by atoms with E-state index >= 15 is 0 Å². The third kappa shape index (κ3) is 14.0. The smallest absolute Gasteiger partial charge is 0.264 e. The van der Waals surface area contributed by atoms with E-state index in [2.05, 4.69) is 0 Å². The van der Waals surface area contributed by atoms with Crippen LogP contribution >= 0.6 is 0 Å². The molecule has 4 aromatic carbocycles. The minimum Gasteiger partial charge on any atom is -0.374 e. The van der Waals surface area contributed by atoms with Crippen LogP contribution in [-0.2, 0) is 74.0 Å². The lowest BCUT2D eigenvalue weighted by Gasteiger charge is -2.37. The molecule has 0 aliphatic rings. The third-order valence-corrected chi connectivity index (χ3v) is 8.23. The van der Waals surface area contributed by atoms with Gasteiger partial charge in [-0.05, 0) is 22.3 Å². The number of hydrogen-bond donors (Lipinski definition) is 0. The van der Waals surface area contributed by atoms with Crippen LogP contribution in [-0.4, -0.2) is 67.0 Å². The Labute approximate surface area is 283 Å². The fourth-order valence-electron chi connectivity index (χ4n) is 4.84. The van der Waals surface area contributed by atoms with Gasteiger partial charge in [0, 0.05) is 0 Å². The van der Waals surface area contributed by atoms with E-state index < -0.39 is 51.3 Å². The maximum absolute atomic E-state index is 12.7. The summed E-state index contributed by atoms with van der Waals surface area (Å²) < 4.78 is 86.0. The number of hydrogen-bond acceptors (Lipinski definition) is 10. The summed E-state index contributed by atoms with van der Waals surface area (Å²) >= 11 is 0. The van der Waals surface area contributed by atoms with Crippen LogP contribution in [0.25, 0.3) is 0 Å². The zero-order valence-electron chi connectivity index (χ0n) is 27.0. The predicted molar refractivity (Wildman–Crippen MR) is 182 cm³/mol. The van der Waals surface area contributed by atoms with Crippen molar-refractivity contribution >= 4 is 20.2 Å². The van der Waals surface area contributed by atoms with Crippen molar-refractivity contribution in [2.45, 2.75) is 50.8 Å². The molecule has 258 valence electrons. The zero-order chi connectivity index (χ0) is 34.2. The summed E-state index contributed by atoms with van der Waals surface area (Å²) in [5, 5.41) is 0. The van der Waals surface area contributed by atoms with Crippen molar-refractivity contribution in [2.75, 3.05) is 25.7 Å². The van der Waals surface area contributed by atoms with E-state index in [-0.39, 0.29) is 33.0 Å². The van der Waals surface area contributed by atoms with Gasteiger partial charge in [-0.1, -0.05) is 121 Å². The molecular weight excluding hydrogens is 657 g/mol. The molecule has 0 fully saturated rings. The van der Waals surface area contributed by atoms with Crippen molar-refractivity contribution in [2.24, 2.45) is 0 Å². The van der Waals surface area contributed by atoms with Gasteiger partial charge < -0.3 is 18.9 Å². The molecule has 0 saturated carbocycles. The predicted octanol–water partition coefficient (Wildman–Crippen LogP) is 5.28. The molecule has 4 aromatic rings. The summed E-state index contributed by atoms with van der Waals surface area (Å²) in [5.41, 5.74) is 3.32. The van der Waals surface area contributed by atoms with Crippen molar-refractivity contribution in [1.82, 2.24) is 0 Å². The van der Waals surface area contributed by atoms with Crippen LogP contribution in [0, 0.1) is 0 Å². The molecule has 12 heteroatoms. The van der Waals surface area contributed by atoms with Crippen LogP contribution in [0.15, 0.2) is 121 Å². The number of rotatable bonds is 21. The largest absolute Gasteiger partial charge is 0.374 e. The minimum atomic E-state index is -4.05. The Hall–Kier alpha value is -3.46. The molecule has 0 N–H and O–H groups in total. The normalized spacial score (nSPS) is 14.6. The van der Waals surface area contributed by atoms with Crippen molar-refractivity contribution in [1.29, 1.82) is 0 Å². The van der Waals surface area contributed by atoms with Gasteiger partial charge in [0.1, 0.15) is 24.4 Å². The molecule has 4 rings (SSSR count). The first kappa shape index (κ1) is 37.4. The molecular formula is C36H42O10S2. The van der Waals surface area contributed by atoms with Gasteiger partial charge in [-0.15, -0.1) is 0 Å². The lowest BCUT2D eigenvalue weighted by Crippen LogP contribution is -2.52. The Bertz CT molecular complexity index is 1690. The average molecular weight is 699 g/mol. The molecule has 0 amide bonds. The SMILES string of the molecule is CS(=O)(=O)OC[C@@H](OCc1ccccc1)[C@H](OCc1ccccc1)[C@@H](OCc1ccccc1)[C@H](COCc1ccccc1)OS(C)(=O)=O. The highest BCUT2D eigenvalue weighted by Gasteiger charge is 2.41. The van der Waals surface area contributed by atoms with Crippen LogP contribution in [0.3, 0.4) is 0 Å². The number of benzene rings is 4. The highest BCUT2D eigenvalue weighted by Crippen LogP contribution is 2.24. The summed E-state index contributed by atoms with van der Waals surface area (Å²) in [5.74, 6) is 0. The molecule has 0 aliphatic heterocycles. The highest BCUT2D eigenvalue weighted by molar-refractivity contribution is 7.86. The van der Waals surface area contributed by atoms with Gasteiger partial charge in [-0.25, -0.2) is 0 Å². The Morgan fingerprint density at radius 3 is 1.23 bits per heavy atom. The van der Waals surface area contributed by atoms with E-state index in [4.69, 9.17) is 27.3 Å². The molecule has 48 heavy (non-hydrogen) atoms. The maximum Gasteiger partial charge on any atom is 0.264 e. The Morgan fingerprint density at radius 2 is 0.833 bits per heavy atom. The molecule has 0 saturated heterocycles. The molecule has 0 aliphatic carbocycles. The van der Waals surface area contributed by atoms with Crippen LogP contribution in [0.4, 0.5) is 0 Å². The van der Waals surface area contributed by atoms with Gasteiger partial charge in [0.05, 0.1) is 52.2 Å². The van der Waals surface area contributed by atoms with Gasteiger partial charge in [0.2, 0.25) is 0 Å². The lowest BCUT2D eigenvalue weighted by atomic mass is 10.0. The second kappa shape index (κ2) is 18.9. The third-order valence-electron chi connectivity index (χ3n) is 7.07. The Morgan fingerprint density at radius 1 is 0.458 bits per heavy atom. The first-order chi connectivity index (χ1) is 23.1. The fourth-order valence-corrected chi connectivity index (χ4v) is 5.83. The first-order valence-corrected chi connectivity index (χ1v) is 19.0. The van der Waals surface area contributed by atoms with Crippen LogP contribution < -0.4 is 0 Å². The molecule has 0 radical (unpaired) electrons. The second-order valence-corrected chi connectivity index (χ2v) is 14.4. The summed E-state index contributed by atoms with van der Waals surface area (Å²) in [6.45, 7) is -0.264. The van der Waals surface area contributed by atoms with Gasteiger partial charge in [-0.2, -0.15) is 16.8 Å². The molecule has 0 spiro atoms. The maximum atomic E-state index is 12.7. The molecule has 0 aromatic heterocycles. The van der Waals surface area contributed by atoms with E-state index in [0.717, 1.165) is 34.8 Å². The lowest BCUT2D eigenvalue weighted by molar-refractivity contribution is -0.187. The number of ether oxygens (including phenoxy) is 4. The van der Waals surface area contributed by atoms with Gasteiger partial charge in [0.15, 0.2) is 0 Å². The van der Waals surface area contributed by atoms with Crippen LogP contribution in [0.1, 0.15) is 22.3 Å². The summed E-state index contributed by atoms with van der Waals surface area (Å²) in [6.07, 6.45) is -2.66. The summed E-state index contributed by atoms with van der Waals surface area (Å²) in [6, 6.07) is 37.4. The minimum absolute atomic E-state index is 0.0529. The highest BCUT2D eigenvalue weighted by atomic mass is 32.2. The monoisotopic (exact) mass is 698 g/mol. The summed E-state index contributed by atoms with van der Waals surface area (Å²) in [4.78, 5) is 0. The quantitative estimate of drug-likeness (QED) is 0.106. The summed E-state index contributed by atoms with van der Waals surface area (Å²) in [7, 11) is -7.95. The van der Waals surface area contributed by atoms with Gasteiger partial charge >= 0.3 is 0 Å². The average Bonchev–Trinajstić information content (AvgIpc) is 3.07. The van der Waals surface area contributed by atoms with Crippen molar-refractivity contribution < 1.29 is 44.1 Å². The molecule has 0 bridgehead atoms. The van der Waals surface area contributed by atoms with E-state index in [9.17, 15) is 16.8 Å². The van der Waals surface area contributed by atoms with Crippen LogP contribution in [0.5, 0.6) is 0 Å². The van der Waals surface area contributed by atoms with Crippen molar-refractivity contribution in [3.8, 4) is 0 Å². The molecule has 0 unspecified atom stereocenters. The molecule has 10 nitrogen and oxygen atoms in total. The Balaban J connectivity index is 1.73. The second-order valence-electron chi connectivity index (χ2n) is 11.2. The van der Waals surface area contributed by atoms with E-state index in [0.29, 0.717) is 0 Å². The van der Waals surface area contributed by atoms with E-state index in [1.54, 1.807) is 0 Å². The molecule has 0 heterocycles. The van der Waals surface area contributed by atoms with Crippen molar-refractivity contribution in [3.05, 3.63) is 144 Å².